The van der Waals surface area contributed by atoms with Crippen LogP contribution in [0, 0.1) is 10.1 Å². The van der Waals surface area contributed by atoms with Crippen molar-refractivity contribution in [1.82, 2.24) is 5.43 Å². The Morgan fingerprint density at radius 1 is 1.24 bits per heavy atom. The fraction of sp³-hybridized carbons (Fsp3) is 0.200. The van der Waals surface area contributed by atoms with Gasteiger partial charge in [0.05, 0.1) is 32.5 Å². The number of amides is 1. The molecule has 0 fully saturated rings. The lowest BCUT2D eigenvalue weighted by molar-refractivity contribution is -0.386. The van der Waals surface area contributed by atoms with Crippen LogP contribution in [0.4, 0.5) is 5.69 Å². The molecule has 0 spiro atoms. The van der Waals surface area contributed by atoms with Crippen LogP contribution < -0.4 is 19.6 Å². The van der Waals surface area contributed by atoms with Crippen molar-refractivity contribution < 1.29 is 42.0 Å². The highest BCUT2D eigenvalue weighted by molar-refractivity contribution is 8.19. The number of nitrogens with zero attached hydrogens (tertiary/aromatic N) is 2. The van der Waals surface area contributed by atoms with Crippen LogP contribution in [0.25, 0.3) is 0 Å². The van der Waals surface area contributed by atoms with Gasteiger partial charge in [-0.1, -0.05) is 0 Å². The van der Waals surface area contributed by atoms with E-state index in [1.54, 1.807) is 0 Å². The average molecular weight is 430 g/mol. The highest BCUT2D eigenvalue weighted by atomic mass is 32.3. The minimum atomic E-state index is -4.28. The van der Waals surface area contributed by atoms with E-state index in [0.717, 1.165) is 18.3 Å². The van der Waals surface area contributed by atoms with E-state index in [4.69, 9.17) is 27.7 Å². The van der Waals surface area contributed by atoms with Crippen LogP contribution in [0.1, 0.15) is 16.1 Å². The van der Waals surface area contributed by atoms with E-state index in [2.05, 4.69) is 5.10 Å². The molecule has 29 heavy (non-hydrogen) atoms. The van der Waals surface area contributed by atoms with Gasteiger partial charge < -0.3 is 32.3 Å². The number of hydrogen-bond acceptors (Lipinski definition) is 11. The second-order valence-corrected chi connectivity index (χ2v) is 6.55. The first kappa shape index (κ1) is 22.0. The number of nitrogens with one attached hydrogen (secondary N) is 1. The molecule has 13 nitrogen and oxygen atoms in total. The van der Waals surface area contributed by atoms with Crippen LogP contribution in [-0.2, 0) is 0 Å². The summed E-state index contributed by atoms with van der Waals surface area (Å²) in [6.45, 7) is 0. The molecule has 0 atom stereocenters. The summed E-state index contributed by atoms with van der Waals surface area (Å²) in [5, 5.41) is 14.4. The molecule has 1 aromatic carbocycles. The number of nitro benzene ring substituents is 1. The summed E-state index contributed by atoms with van der Waals surface area (Å²) in [5.41, 5.74) is 0.960. The number of carbonyl (C=O) groups excluding carboxylic acids is 1. The van der Waals surface area contributed by atoms with E-state index < -0.39 is 38.0 Å². The zero-order valence-electron chi connectivity index (χ0n) is 15.3. The Labute approximate surface area is 165 Å². The number of hydrogen-bond donors (Lipinski definition) is 3. The first-order valence-corrected chi connectivity index (χ1v) is 9.00. The molecule has 0 aliphatic carbocycles. The predicted octanol–water partition coefficient (Wildman–Crippen LogP) is 2.22. The minimum Gasteiger partial charge on any atom is -0.767 e. The van der Waals surface area contributed by atoms with Crippen LogP contribution in [0.5, 0.6) is 17.2 Å². The predicted molar refractivity (Wildman–Crippen MR) is 98.4 cm³/mol. The van der Waals surface area contributed by atoms with Gasteiger partial charge in [0, 0.05) is 6.07 Å². The van der Waals surface area contributed by atoms with Gasteiger partial charge >= 0.3 is 5.69 Å². The number of rotatable bonds is 8. The first-order valence-electron chi connectivity index (χ1n) is 7.53. The van der Waals surface area contributed by atoms with Crippen molar-refractivity contribution in [3.63, 3.8) is 0 Å². The molecular weight excluding hydrogens is 414 g/mol. The Morgan fingerprint density at radius 2 is 1.90 bits per heavy atom. The normalized spacial score (nSPS) is 11.9. The molecule has 0 unspecified atom stereocenters. The van der Waals surface area contributed by atoms with E-state index in [9.17, 15) is 19.5 Å². The van der Waals surface area contributed by atoms with Crippen molar-refractivity contribution in [2.75, 3.05) is 21.3 Å². The summed E-state index contributed by atoms with van der Waals surface area (Å²) >= 11 is 0. The SMILES string of the molecule is COc1cc(C(=O)N/N=C\c2ccc(S([O-])(O)O)o2)c([N+](=O)[O-])c(OC)c1OC. The average Bonchev–Trinajstić information content (AvgIpc) is 3.15. The number of methoxy groups -OCH3 is 3. The van der Waals surface area contributed by atoms with Crippen molar-refractivity contribution in [2.24, 2.45) is 5.10 Å². The topological polar surface area (TPSA) is 189 Å². The molecule has 0 aliphatic rings. The van der Waals surface area contributed by atoms with Gasteiger partial charge in [0.15, 0.2) is 10.8 Å². The lowest BCUT2D eigenvalue weighted by Gasteiger charge is -2.29. The Morgan fingerprint density at radius 3 is 2.38 bits per heavy atom. The maximum atomic E-state index is 12.4. The number of ether oxygens (including phenoxy) is 3. The van der Waals surface area contributed by atoms with Gasteiger partial charge in [-0.2, -0.15) is 5.10 Å². The van der Waals surface area contributed by atoms with Crippen molar-refractivity contribution in [1.29, 1.82) is 0 Å². The minimum absolute atomic E-state index is 0.0143. The zero-order chi connectivity index (χ0) is 21.8. The highest BCUT2D eigenvalue weighted by Crippen LogP contribution is 2.46. The third-order valence-corrected chi connectivity index (χ3v) is 4.20. The molecule has 14 heteroatoms. The van der Waals surface area contributed by atoms with E-state index in [1.165, 1.54) is 27.4 Å². The smallest absolute Gasteiger partial charge is 0.327 e. The van der Waals surface area contributed by atoms with E-state index in [0.29, 0.717) is 0 Å². The van der Waals surface area contributed by atoms with Crippen LogP contribution in [0.3, 0.4) is 0 Å². The van der Waals surface area contributed by atoms with E-state index in [-0.39, 0.29) is 23.0 Å². The number of furan rings is 1. The molecule has 1 aromatic heterocycles. The van der Waals surface area contributed by atoms with Gasteiger partial charge in [0.2, 0.25) is 11.5 Å². The lowest BCUT2D eigenvalue weighted by atomic mass is 10.1. The molecule has 1 heterocycles. The maximum Gasteiger partial charge on any atom is 0.327 e. The molecule has 0 saturated carbocycles. The Bertz CT molecular complexity index is 951. The molecule has 0 bridgehead atoms. The summed E-state index contributed by atoms with van der Waals surface area (Å²) in [6, 6.07) is 3.33. The molecule has 158 valence electrons. The molecule has 3 N–H and O–H groups in total. The standard InChI is InChI=1S/C15H17N3O10S/c1-25-10-6-9(12(18(20)21)14(27-3)13(10)26-2)15(19)17-16-7-8-4-5-11(28-8)29(22,23)24/h4-7,22-24H,1-3H3,(H,17,19)/p-1/b16-7-. The summed E-state index contributed by atoms with van der Waals surface area (Å²) < 4.78 is 49.0. The first-order chi connectivity index (χ1) is 13.6. The molecular formula is C15H16N3O10S-. The summed E-state index contributed by atoms with van der Waals surface area (Å²) in [5.74, 6) is -1.42. The van der Waals surface area contributed by atoms with Gasteiger partial charge in [-0.25, -0.2) is 5.43 Å². The van der Waals surface area contributed by atoms with Gasteiger partial charge in [-0.05, 0) is 23.0 Å². The van der Waals surface area contributed by atoms with Crippen LogP contribution in [-0.4, -0.2) is 52.0 Å². The van der Waals surface area contributed by atoms with Crippen LogP contribution >= 0.6 is 10.9 Å². The van der Waals surface area contributed by atoms with Crippen molar-refractivity contribution in [3.05, 3.63) is 39.6 Å². The van der Waals surface area contributed by atoms with E-state index in [1.807, 2.05) is 5.43 Å². The Hall–Kier alpha value is -3.33. The van der Waals surface area contributed by atoms with Gasteiger partial charge in [-0.3, -0.25) is 14.9 Å². The molecule has 2 rings (SSSR count). The van der Waals surface area contributed by atoms with Crippen LogP contribution in [0.15, 0.2) is 32.8 Å². The largest absolute Gasteiger partial charge is 0.767 e. The van der Waals surface area contributed by atoms with Crippen LogP contribution in [0.2, 0.25) is 0 Å². The third-order valence-electron chi connectivity index (χ3n) is 3.45. The lowest BCUT2D eigenvalue weighted by Crippen LogP contribution is -2.19. The highest BCUT2D eigenvalue weighted by Gasteiger charge is 2.32. The molecule has 1 amide bonds. The molecule has 0 radical (unpaired) electrons. The monoisotopic (exact) mass is 430 g/mol. The number of benzene rings is 1. The van der Waals surface area contributed by atoms with E-state index >= 15 is 0 Å². The molecule has 2 aromatic rings. The third kappa shape index (κ3) is 4.75. The maximum absolute atomic E-state index is 12.4. The Kier molecular flexibility index (Phi) is 6.65. The van der Waals surface area contributed by atoms with Crippen molar-refractivity contribution in [3.8, 4) is 17.2 Å². The second kappa shape index (κ2) is 8.78. The fourth-order valence-corrected chi connectivity index (χ4v) is 2.71. The molecule has 0 aliphatic heterocycles. The second-order valence-electron chi connectivity index (χ2n) is 5.15. The van der Waals surface area contributed by atoms with Gasteiger partial charge in [0.1, 0.15) is 11.3 Å². The number of carbonyl (C=O) groups is 1. The fourth-order valence-electron chi connectivity index (χ4n) is 2.26. The van der Waals surface area contributed by atoms with Crippen molar-refractivity contribution >= 4 is 28.7 Å². The Balaban J connectivity index is 2.34. The quantitative estimate of drug-likeness (QED) is 0.318. The number of nitro groups is 1. The summed E-state index contributed by atoms with van der Waals surface area (Å²) in [4.78, 5) is 23.1. The molecule has 0 saturated heterocycles. The van der Waals surface area contributed by atoms with Gasteiger partial charge in [-0.15, -0.1) is 0 Å². The number of hydrazone groups is 1. The summed E-state index contributed by atoms with van der Waals surface area (Å²) in [6.07, 6.45) is 0.955. The summed E-state index contributed by atoms with van der Waals surface area (Å²) in [7, 11) is -0.590. The van der Waals surface area contributed by atoms with Crippen molar-refractivity contribution in [2.45, 2.75) is 5.09 Å². The zero-order valence-corrected chi connectivity index (χ0v) is 16.1. The van der Waals surface area contributed by atoms with Gasteiger partial charge in [0.25, 0.3) is 5.91 Å².